The van der Waals surface area contributed by atoms with E-state index in [2.05, 4.69) is 28.7 Å². The zero-order valence-corrected chi connectivity index (χ0v) is 14.5. The van der Waals surface area contributed by atoms with Gasteiger partial charge < -0.3 is 9.80 Å². The summed E-state index contributed by atoms with van der Waals surface area (Å²) in [4.78, 5) is 17.5. The number of hydrogen-bond donors (Lipinski definition) is 0. The number of rotatable bonds is 4. The molecule has 5 heteroatoms. The van der Waals surface area contributed by atoms with Crippen molar-refractivity contribution in [2.45, 2.75) is 45.6 Å². The van der Waals surface area contributed by atoms with Gasteiger partial charge >= 0.3 is 0 Å². The molecule has 23 heavy (non-hydrogen) atoms. The molecule has 2 fully saturated rings. The number of carbonyl (C=O) groups excluding carboxylic acids is 1. The largest absolute Gasteiger partial charge is 0.340 e. The van der Waals surface area contributed by atoms with Crippen molar-refractivity contribution in [2.24, 2.45) is 11.8 Å². The second-order valence-electron chi connectivity index (χ2n) is 7.54. The van der Waals surface area contributed by atoms with Crippen molar-refractivity contribution >= 4 is 5.91 Å². The molecule has 2 aliphatic rings. The second-order valence-corrected chi connectivity index (χ2v) is 7.54. The third-order valence-electron chi connectivity index (χ3n) is 5.17. The van der Waals surface area contributed by atoms with E-state index in [0.717, 1.165) is 58.4 Å². The predicted octanol–water partition coefficient (Wildman–Crippen LogP) is 2.41. The fourth-order valence-electron chi connectivity index (χ4n) is 4.00. The SMILES string of the molecule is CC(C)CN1CCC(C(=O)N2CCC[C@H](n3cccn3)C2)CC1. The summed E-state index contributed by atoms with van der Waals surface area (Å²) in [6, 6.07) is 2.31. The van der Waals surface area contributed by atoms with Gasteiger partial charge in [-0.15, -0.1) is 0 Å². The molecule has 0 unspecified atom stereocenters. The van der Waals surface area contributed by atoms with Gasteiger partial charge in [-0.05, 0) is 50.8 Å². The van der Waals surface area contributed by atoms with Gasteiger partial charge in [-0.1, -0.05) is 13.8 Å². The number of nitrogens with zero attached hydrogens (tertiary/aromatic N) is 4. The van der Waals surface area contributed by atoms with Gasteiger partial charge in [0, 0.05) is 37.9 Å². The Balaban J connectivity index is 1.52. The Morgan fingerprint density at radius 3 is 2.65 bits per heavy atom. The van der Waals surface area contributed by atoms with Gasteiger partial charge in [0.05, 0.1) is 6.04 Å². The summed E-state index contributed by atoms with van der Waals surface area (Å²) >= 11 is 0. The van der Waals surface area contributed by atoms with E-state index in [9.17, 15) is 4.79 Å². The fraction of sp³-hybridized carbons (Fsp3) is 0.778. The minimum Gasteiger partial charge on any atom is -0.340 e. The minimum atomic E-state index is 0.231. The van der Waals surface area contributed by atoms with Crippen molar-refractivity contribution < 1.29 is 4.79 Å². The molecular weight excluding hydrogens is 288 g/mol. The molecule has 1 aromatic heterocycles. The molecule has 0 bridgehead atoms. The number of amides is 1. The molecule has 3 rings (SSSR count). The maximum absolute atomic E-state index is 12.9. The topological polar surface area (TPSA) is 41.4 Å². The van der Waals surface area contributed by atoms with Gasteiger partial charge in [-0.2, -0.15) is 5.10 Å². The standard InChI is InChI=1S/C18H30N4O/c1-15(2)13-20-11-6-16(7-12-20)18(23)21-9-3-5-17(14-21)22-10-4-8-19-22/h4,8,10,15-17H,3,5-7,9,11-14H2,1-2H3/t17-/m0/s1. The molecule has 1 aromatic rings. The van der Waals surface area contributed by atoms with Crippen LogP contribution >= 0.6 is 0 Å². The molecule has 0 radical (unpaired) electrons. The summed E-state index contributed by atoms with van der Waals surface area (Å²) in [6.45, 7) is 9.58. The van der Waals surface area contributed by atoms with E-state index >= 15 is 0 Å². The van der Waals surface area contributed by atoms with E-state index in [1.165, 1.54) is 0 Å². The number of hydrogen-bond acceptors (Lipinski definition) is 3. The van der Waals surface area contributed by atoms with Crippen LogP contribution in [0.5, 0.6) is 0 Å². The Hall–Kier alpha value is -1.36. The summed E-state index contributed by atoms with van der Waals surface area (Å²) in [5.74, 6) is 1.32. The Kier molecular flexibility index (Phi) is 5.36. The smallest absolute Gasteiger partial charge is 0.225 e. The lowest BCUT2D eigenvalue weighted by atomic mass is 9.93. The summed E-state index contributed by atoms with van der Waals surface area (Å²) in [5.41, 5.74) is 0. The molecule has 1 amide bonds. The van der Waals surface area contributed by atoms with Crippen molar-refractivity contribution in [2.75, 3.05) is 32.7 Å². The third-order valence-corrected chi connectivity index (χ3v) is 5.17. The Bertz CT molecular complexity index is 491. The molecular formula is C18H30N4O. The molecule has 0 saturated carbocycles. The zero-order chi connectivity index (χ0) is 16.2. The molecule has 0 spiro atoms. The summed E-state index contributed by atoms with van der Waals surface area (Å²) < 4.78 is 2.02. The highest BCUT2D eigenvalue weighted by Crippen LogP contribution is 2.25. The maximum atomic E-state index is 12.9. The second kappa shape index (κ2) is 7.47. The summed E-state index contributed by atoms with van der Waals surface area (Å²) in [7, 11) is 0. The van der Waals surface area contributed by atoms with Crippen LogP contribution in [0.3, 0.4) is 0 Å². The average molecular weight is 318 g/mol. The first-order chi connectivity index (χ1) is 11.1. The van der Waals surface area contributed by atoms with E-state index in [1.54, 1.807) is 0 Å². The average Bonchev–Trinajstić information content (AvgIpc) is 3.09. The molecule has 5 nitrogen and oxygen atoms in total. The van der Waals surface area contributed by atoms with Crippen molar-refractivity contribution in [1.29, 1.82) is 0 Å². The van der Waals surface area contributed by atoms with Crippen molar-refractivity contribution in [3.63, 3.8) is 0 Å². The highest BCUT2D eigenvalue weighted by molar-refractivity contribution is 5.79. The molecule has 0 aliphatic carbocycles. The van der Waals surface area contributed by atoms with Crippen LogP contribution in [0, 0.1) is 11.8 Å². The molecule has 128 valence electrons. The van der Waals surface area contributed by atoms with Crippen LogP contribution in [0.4, 0.5) is 0 Å². The van der Waals surface area contributed by atoms with E-state index in [0.29, 0.717) is 17.9 Å². The van der Waals surface area contributed by atoms with Crippen LogP contribution in [-0.4, -0.2) is 58.2 Å². The quantitative estimate of drug-likeness (QED) is 0.856. The lowest BCUT2D eigenvalue weighted by molar-refractivity contribution is -0.138. The molecule has 1 atom stereocenters. The van der Waals surface area contributed by atoms with Gasteiger partial charge in [-0.3, -0.25) is 9.48 Å². The van der Waals surface area contributed by atoms with Gasteiger partial charge in [-0.25, -0.2) is 0 Å². The lowest BCUT2D eigenvalue weighted by Gasteiger charge is -2.38. The van der Waals surface area contributed by atoms with E-state index < -0.39 is 0 Å². The fourth-order valence-corrected chi connectivity index (χ4v) is 4.00. The summed E-state index contributed by atoms with van der Waals surface area (Å²) in [5, 5.41) is 4.36. The van der Waals surface area contributed by atoms with Crippen LogP contribution < -0.4 is 0 Å². The number of piperidine rings is 2. The van der Waals surface area contributed by atoms with Gasteiger partial charge in [0.2, 0.25) is 5.91 Å². The van der Waals surface area contributed by atoms with Crippen LogP contribution in [0.2, 0.25) is 0 Å². The van der Waals surface area contributed by atoms with Crippen molar-refractivity contribution in [3.8, 4) is 0 Å². The molecule has 2 aliphatic heterocycles. The first-order valence-electron chi connectivity index (χ1n) is 9.13. The van der Waals surface area contributed by atoms with Gasteiger partial charge in [0.25, 0.3) is 0 Å². The number of likely N-dealkylation sites (tertiary alicyclic amines) is 2. The van der Waals surface area contributed by atoms with E-state index in [4.69, 9.17) is 0 Å². The Morgan fingerprint density at radius 2 is 2.00 bits per heavy atom. The minimum absolute atomic E-state index is 0.231. The number of aromatic nitrogens is 2. The predicted molar refractivity (Wildman–Crippen MR) is 91.1 cm³/mol. The highest BCUT2D eigenvalue weighted by Gasteiger charge is 2.31. The zero-order valence-electron chi connectivity index (χ0n) is 14.5. The van der Waals surface area contributed by atoms with Crippen LogP contribution in [0.1, 0.15) is 45.6 Å². The highest BCUT2D eigenvalue weighted by atomic mass is 16.2. The summed E-state index contributed by atoms with van der Waals surface area (Å²) in [6.07, 6.45) is 8.10. The Morgan fingerprint density at radius 1 is 1.22 bits per heavy atom. The first-order valence-corrected chi connectivity index (χ1v) is 9.13. The van der Waals surface area contributed by atoms with Crippen LogP contribution in [-0.2, 0) is 4.79 Å². The van der Waals surface area contributed by atoms with Gasteiger partial charge in [0.1, 0.15) is 0 Å². The normalized spacial score (nSPS) is 24.3. The van der Waals surface area contributed by atoms with Crippen molar-refractivity contribution in [1.82, 2.24) is 19.6 Å². The Labute approximate surface area is 139 Å². The third kappa shape index (κ3) is 4.14. The molecule has 3 heterocycles. The van der Waals surface area contributed by atoms with E-state index in [1.807, 2.05) is 23.1 Å². The molecule has 0 N–H and O–H groups in total. The van der Waals surface area contributed by atoms with E-state index in [-0.39, 0.29) is 5.92 Å². The van der Waals surface area contributed by atoms with Crippen molar-refractivity contribution in [3.05, 3.63) is 18.5 Å². The lowest BCUT2D eigenvalue weighted by Crippen LogP contribution is -2.47. The number of carbonyl (C=O) groups is 1. The van der Waals surface area contributed by atoms with Crippen LogP contribution in [0.25, 0.3) is 0 Å². The molecule has 0 aromatic carbocycles. The van der Waals surface area contributed by atoms with Gasteiger partial charge in [0.15, 0.2) is 0 Å². The molecule has 2 saturated heterocycles. The maximum Gasteiger partial charge on any atom is 0.225 e. The first kappa shape index (κ1) is 16.5. The monoisotopic (exact) mass is 318 g/mol. The van der Waals surface area contributed by atoms with Crippen LogP contribution in [0.15, 0.2) is 18.5 Å².